The van der Waals surface area contributed by atoms with E-state index in [1.807, 2.05) is 0 Å². The minimum absolute atomic E-state index is 0.155. The number of halogens is 3. The number of benzene rings is 1. The van der Waals surface area contributed by atoms with Crippen LogP contribution in [0.5, 0.6) is 0 Å². The molecule has 0 radical (unpaired) electrons. The number of rotatable bonds is 5. The average Bonchev–Trinajstić information content (AvgIpc) is 3.16. The lowest BCUT2D eigenvalue weighted by atomic mass is 10.1. The molecular weight excluding hydrogens is 293 g/mol. The third kappa shape index (κ3) is 3.31. The van der Waals surface area contributed by atoms with Crippen molar-refractivity contribution in [3.05, 3.63) is 29.8 Å². The highest BCUT2D eigenvalue weighted by molar-refractivity contribution is 7.89. The molecule has 1 fully saturated rings. The van der Waals surface area contributed by atoms with Gasteiger partial charge in [-0.1, -0.05) is 6.07 Å². The second kappa shape index (κ2) is 5.01. The molecule has 0 heterocycles. The highest BCUT2D eigenvalue weighted by atomic mass is 32.2. The lowest BCUT2D eigenvalue weighted by Crippen LogP contribution is -2.34. The summed E-state index contributed by atoms with van der Waals surface area (Å²) in [6.45, 7) is 0.514. The van der Waals surface area contributed by atoms with Gasteiger partial charge in [0, 0.05) is 6.54 Å². The summed E-state index contributed by atoms with van der Waals surface area (Å²) in [5, 5.41) is 0. The molecule has 20 heavy (non-hydrogen) atoms. The zero-order valence-electron chi connectivity index (χ0n) is 10.6. The van der Waals surface area contributed by atoms with Gasteiger partial charge in [0.15, 0.2) is 0 Å². The van der Waals surface area contributed by atoms with Gasteiger partial charge in [-0.2, -0.15) is 13.2 Å². The number of nitrogens with one attached hydrogen (secondary N) is 1. The molecule has 1 aromatic rings. The molecule has 0 aliphatic heterocycles. The Balaban J connectivity index is 2.17. The summed E-state index contributed by atoms with van der Waals surface area (Å²) < 4.78 is 64.0. The van der Waals surface area contributed by atoms with E-state index in [0.29, 0.717) is 12.6 Å². The molecule has 4 nitrogen and oxygen atoms in total. The van der Waals surface area contributed by atoms with Crippen molar-refractivity contribution in [2.24, 2.45) is 11.1 Å². The SMILES string of the molecule is NCC1(CNS(=O)(=O)c2cccc(C(F)(F)F)c2)CC1. The largest absolute Gasteiger partial charge is 0.416 e. The number of nitrogens with two attached hydrogens (primary N) is 1. The van der Waals surface area contributed by atoms with E-state index < -0.39 is 21.8 Å². The molecule has 0 amide bonds. The maximum atomic E-state index is 12.6. The highest BCUT2D eigenvalue weighted by Gasteiger charge is 2.42. The predicted octanol–water partition coefficient (Wildman–Crippen LogP) is 1.72. The van der Waals surface area contributed by atoms with E-state index in [2.05, 4.69) is 4.72 Å². The minimum atomic E-state index is -4.57. The van der Waals surface area contributed by atoms with Crippen LogP contribution in [0.25, 0.3) is 0 Å². The van der Waals surface area contributed by atoms with Gasteiger partial charge in [0.25, 0.3) is 0 Å². The Kier molecular flexibility index (Phi) is 3.83. The maximum absolute atomic E-state index is 12.6. The van der Waals surface area contributed by atoms with E-state index in [1.165, 1.54) is 0 Å². The van der Waals surface area contributed by atoms with Crippen molar-refractivity contribution in [2.75, 3.05) is 13.1 Å². The molecule has 8 heteroatoms. The van der Waals surface area contributed by atoms with E-state index in [9.17, 15) is 21.6 Å². The smallest absolute Gasteiger partial charge is 0.330 e. The highest BCUT2D eigenvalue weighted by Crippen LogP contribution is 2.44. The van der Waals surface area contributed by atoms with Gasteiger partial charge in [0.1, 0.15) is 0 Å². The lowest BCUT2D eigenvalue weighted by Gasteiger charge is -2.14. The van der Waals surface area contributed by atoms with Gasteiger partial charge >= 0.3 is 6.18 Å². The maximum Gasteiger partial charge on any atom is 0.416 e. The van der Waals surface area contributed by atoms with Gasteiger partial charge in [-0.25, -0.2) is 13.1 Å². The molecule has 0 aromatic heterocycles. The fourth-order valence-electron chi connectivity index (χ4n) is 1.80. The summed E-state index contributed by atoms with van der Waals surface area (Å²) in [7, 11) is -3.95. The number of hydrogen-bond acceptors (Lipinski definition) is 3. The van der Waals surface area contributed by atoms with Crippen molar-refractivity contribution in [3.63, 3.8) is 0 Å². The quantitative estimate of drug-likeness (QED) is 0.870. The van der Waals surface area contributed by atoms with Crippen molar-refractivity contribution < 1.29 is 21.6 Å². The van der Waals surface area contributed by atoms with Crippen LogP contribution in [0, 0.1) is 5.41 Å². The second-order valence-corrected chi connectivity index (χ2v) is 6.82. The molecule has 0 bridgehead atoms. The number of alkyl halides is 3. The molecular formula is C12H15F3N2O2S. The summed E-state index contributed by atoms with van der Waals surface area (Å²) >= 11 is 0. The number of hydrogen-bond donors (Lipinski definition) is 2. The van der Waals surface area contributed by atoms with Gasteiger partial charge in [0.2, 0.25) is 10.0 Å². The van der Waals surface area contributed by atoms with Crippen LogP contribution in [0.1, 0.15) is 18.4 Å². The normalized spacial score (nSPS) is 18.0. The van der Waals surface area contributed by atoms with Crippen LogP contribution >= 0.6 is 0 Å². The summed E-state index contributed by atoms with van der Waals surface area (Å²) in [5.41, 5.74) is 4.32. The Morgan fingerprint density at radius 1 is 1.30 bits per heavy atom. The molecule has 112 valence electrons. The van der Waals surface area contributed by atoms with Crippen molar-refractivity contribution in [1.82, 2.24) is 4.72 Å². The zero-order valence-corrected chi connectivity index (χ0v) is 11.4. The molecule has 1 aromatic carbocycles. The molecule has 0 atom stereocenters. The van der Waals surface area contributed by atoms with E-state index >= 15 is 0 Å². The Bertz CT molecular complexity index is 595. The van der Waals surface area contributed by atoms with Gasteiger partial charge in [-0.15, -0.1) is 0 Å². The van der Waals surface area contributed by atoms with Crippen LogP contribution in [0.4, 0.5) is 13.2 Å². The van der Waals surface area contributed by atoms with Crippen LogP contribution in [0.15, 0.2) is 29.2 Å². The van der Waals surface area contributed by atoms with E-state index in [0.717, 1.165) is 31.0 Å². The fraction of sp³-hybridized carbons (Fsp3) is 0.500. The minimum Gasteiger partial charge on any atom is -0.330 e. The fourth-order valence-corrected chi connectivity index (χ4v) is 3.00. The third-order valence-corrected chi connectivity index (χ3v) is 4.90. The lowest BCUT2D eigenvalue weighted by molar-refractivity contribution is -0.137. The first kappa shape index (κ1) is 15.3. The molecule has 0 saturated heterocycles. The molecule has 1 aliphatic carbocycles. The van der Waals surface area contributed by atoms with Gasteiger partial charge < -0.3 is 5.73 Å². The van der Waals surface area contributed by atoms with Crippen molar-refractivity contribution >= 4 is 10.0 Å². The van der Waals surface area contributed by atoms with Gasteiger partial charge in [-0.3, -0.25) is 0 Å². The van der Waals surface area contributed by atoms with Crippen molar-refractivity contribution in [2.45, 2.75) is 23.9 Å². The summed E-state index contributed by atoms with van der Waals surface area (Å²) in [6.07, 6.45) is -2.91. The van der Waals surface area contributed by atoms with E-state index in [1.54, 1.807) is 0 Å². The molecule has 2 rings (SSSR count). The number of sulfonamides is 1. The van der Waals surface area contributed by atoms with Crippen LogP contribution in [0.3, 0.4) is 0 Å². The Morgan fingerprint density at radius 3 is 2.45 bits per heavy atom. The van der Waals surface area contributed by atoms with Crippen LogP contribution in [0.2, 0.25) is 0 Å². The molecule has 1 aliphatic rings. The van der Waals surface area contributed by atoms with Crippen molar-refractivity contribution in [3.8, 4) is 0 Å². The monoisotopic (exact) mass is 308 g/mol. The standard InChI is InChI=1S/C12H15F3N2O2S/c13-12(14,15)9-2-1-3-10(6-9)20(18,19)17-8-11(7-16)4-5-11/h1-3,6,17H,4-5,7-8,16H2. The van der Waals surface area contributed by atoms with Crippen LogP contribution in [-0.4, -0.2) is 21.5 Å². The summed E-state index contributed by atoms with van der Waals surface area (Å²) in [4.78, 5) is -0.389. The predicted molar refractivity (Wildman–Crippen MR) is 67.4 cm³/mol. The summed E-state index contributed by atoms with van der Waals surface area (Å²) in [5.74, 6) is 0. The van der Waals surface area contributed by atoms with Crippen LogP contribution < -0.4 is 10.5 Å². The van der Waals surface area contributed by atoms with E-state index in [-0.39, 0.29) is 16.9 Å². The average molecular weight is 308 g/mol. The molecule has 0 spiro atoms. The Hall–Kier alpha value is -1.12. The summed E-state index contributed by atoms with van der Waals surface area (Å²) in [6, 6.07) is 3.68. The molecule has 3 N–H and O–H groups in total. The van der Waals surface area contributed by atoms with Crippen molar-refractivity contribution in [1.29, 1.82) is 0 Å². The van der Waals surface area contributed by atoms with Crippen LogP contribution in [-0.2, 0) is 16.2 Å². The van der Waals surface area contributed by atoms with Gasteiger partial charge in [0.05, 0.1) is 10.5 Å². The zero-order chi connectivity index (χ0) is 15.0. The molecule has 1 saturated carbocycles. The first-order valence-electron chi connectivity index (χ1n) is 6.06. The third-order valence-electron chi connectivity index (χ3n) is 3.50. The Morgan fingerprint density at radius 2 is 1.95 bits per heavy atom. The first-order valence-corrected chi connectivity index (χ1v) is 7.54. The van der Waals surface area contributed by atoms with E-state index in [4.69, 9.17) is 5.73 Å². The van der Waals surface area contributed by atoms with Gasteiger partial charge in [-0.05, 0) is 43.0 Å². The topological polar surface area (TPSA) is 72.2 Å². The Labute approximate surface area is 115 Å². The first-order chi connectivity index (χ1) is 9.19. The molecule has 0 unspecified atom stereocenters. The second-order valence-electron chi connectivity index (χ2n) is 5.05.